The molecule has 3 atom stereocenters. The number of aliphatic carboxylic acids is 1. The van der Waals surface area contributed by atoms with E-state index in [4.69, 9.17) is 20.9 Å². The lowest BCUT2D eigenvalue weighted by Crippen LogP contribution is -2.50. The number of nitrogens with two attached hydrogens (primary N) is 2. The Labute approximate surface area is 174 Å². The number of rotatable bonds is 12. The van der Waals surface area contributed by atoms with Gasteiger partial charge >= 0.3 is 24.0 Å². The van der Waals surface area contributed by atoms with Crippen molar-refractivity contribution >= 4 is 29.9 Å². The maximum atomic E-state index is 12.0. The third kappa shape index (κ3) is 11.8. The second-order valence-electron chi connectivity index (χ2n) is 7.52. The van der Waals surface area contributed by atoms with Crippen molar-refractivity contribution in [2.75, 3.05) is 6.61 Å². The Morgan fingerprint density at radius 1 is 1.10 bits per heavy atom. The molecule has 0 aromatic carbocycles. The molecular weight excluding hydrogens is 402 g/mol. The molecule has 0 rings (SSSR count). The molecule has 30 heavy (non-hydrogen) atoms. The monoisotopic (exact) mass is 433 g/mol. The topological polar surface area (TPSA) is 197 Å². The first-order chi connectivity index (χ1) is 13.8. The van der Waals surface area contributed by atoms with Crippen LogP contribution in [0.3, 0.4) is 0 Å². The number of nitrogens with one attached hydrogen (secondary N) is 1. The van der Waals surface area contributed by atoms with Gasteiger partial charge in [0.25, 0.3) is 0 Å². The molecule has 12 nitrogen and oxygen atoms in total. The molecule has 172 valence electrons. The van der Waals surface area contributed by atoms with E-state index in [1.807, 2.05) is 6.92 Å². The molecule has 0 aromatic rings. The van der Waals surface area contributed by atoms with E-state index >= 15 is 0 Å². The molecule has 0 saturated carbocycles. The summed E-state index contributed by atoms with van der Waals surface area (Å²) in [6, 6.07) is -2.35. The number of esters is 2. The molecule has 0 heterocycles. The van der Waals surface area contributed by atoms with Crippen LogP contribution in [0, 0.1) is 0 Å². The van der Waals surface area contributed by atoms with E-state index < -0.39 is 66.7 Å². The maximum absolute atomic E-state index is 12.0. The number of hydrogen-bond acceptors (Lipinski definition) is 9. The number of hydrogen-bond donors (Lipinski definition) is 4. The van der Waals surface area contributed by atoms with Gasteiger partial charge in [0.05, 0.1) is 18.5 Å². The van der Waals surface area contributed by atoms with Gasteiger partial charge in [0, 0.05) is 0 Å². The summed E-state index contributed by atoms with van der Waals surface area (Å²) in [4.78, 5) is 57.9. The highest BCUT2D eigenvalue weighted by atomic mass is 16.6. The molecule has 0 aromatic heterocycles. The predicted octanol–water partition coefficient (Wildman–Crippen LogP) is -0.188. The first kappa shape index (κ1) is 27.1. The van der Waals surface area contributed by atoms with Crippen molar-refractivity contribution in [2.24, 2.45) is 11.5 Å². The molecular formula is C18H31N3O9. The summed E-state index contributed by atoms with van der Waals surface area (Å²) < 4.78 is 14.6. The van der Waals surface area contributed by atoms with Gasteiger partial charge < -0.3 is 36.1 Å². The minimum Gasteiger partial charge on any atom is -0.478 e. The Hall–Kier alpha value is -2.89. The molecule has 1 unspecified atom stereocenters. The smallest absolute Gasteiger partial charge is 0.408 e. The van der Waals surface area contributed by atoms with Gasteiger partial charge in [-0.15, -0.1) is 0 Å². The number of primary amides is 1. The zero-order valence-corrected chi connectivity index (χ0v) is 17.6. The van der Waals surface area contributed by atoms with Crippen molar-refractivity contribution in [1.82, 2.24) is 5.32 Å². The summed E-state index contributed by atoms with van der Waals surface area (Å²) in [5, 5.41) is 11.9. The highest BCUT2D eigenvalue weighted by Crippen LogP contribution is 2.13. The molecule has 2 amide bonds. The second-order valence-corrected chi connectivity index (χ2v) is 7.52. The summed E-state index contributed by atoms with van der Waals surface area (Å²) in [6.07, 6.45) is -1.70. The van der Waals surface area contributed by atoms with Crippen molar-refractivity contribution in [3.05, 3.63) is 0 Å². The van der Waals surface area contributed by atoms with E-state index in [2.05, 4.69) is 10.1 Å². The van der Waals surface area contributed by atoms with Crippen molar-refractivity contribution in [3.8, 4) is 0 Å². The number of carbonyl (C=O) groups is 5. The Morgan fingerprint density at radius 2 is 1.70 bits per heavy atom. The van der Waals surface area contributed by atoms with E-state index in [0.29, 0.717) is 12.8 Å². The van der Waals surface area contributed by atoms with Crippen molar-refractivity contribution in [2.45, 2.75) is 77.2 Å². The summed E-state index contributed by atoms with van der Waals surface area (Å²) in [6.45, 7) is 5.88. The number of carboxylic acid groups (broad SMARTS) is 1. The number of carbonyl (C=O) groups excluding carboxylic acids is 4. The average Bonchev–Trinajstić information content (AvgIpc) is 2.59. The average molecular weight is 433 g/mol. The van der Waals surface area contributed by atoms with Crippen LogP contribution in [0.4, 0.5) is 4.79 Å². The third-order valence-electron chi connectivity index (χ3n) is 3.54. The first-order valence-corrected chi connectivity index (χ1v) is 9.39. The van der Waals surface area contributed by atoms with E-state index in [1.165, 1.54) is 0 Å². The van der Waals surface area contributed by atoms with Gasteiger partial charge in [-0.25, -0.2) is 14.4 Å². The van der Waals surface area contributed by atoms with Crippen LogP contribution >= 0.6 is 0 Å². The zero-order chi connectivity index (χ0) is 23.5. The Bertz CT molecular complexity index is 631. The molecule has 0 bridgehead atoms. The Balaban J connectivity index is 5.01. The Morgan fingerprint density at radius 3 is 2.17 bits per heavy atom. The number of carboxylic acids is 1. The lowest BCUT2D eigenvalue weighted by Gasteiger charge is -2.27. The SMILES string of the molecule is CCCCC(NC(=O)OC(C)(C)C)[C@@H](OC(=O)COC(=O)C[C@H](N)C(N)=O)C(=O)O. The van der Waals surface area contributed by atoms with Gasteiger partial charge in [-0.05, 0) is 27.2 Å². The van der Waals surface area contributed by atoms with Gasteiger partial charge in [-0.1, -0.05) is 19.8 Å². The maximum Gasteiger partial charge on any atom is 0.408 e. The quantitative estimate of drug-likeness (QED) is 0.236. The van der Waals surface area contributed by atoms with Crippen LogP contribution in [-0.4, -0.2) is 65.4 Å². The lowest BCUT2D eigenvalue weighted by atomic mass is 10.0. The van der Waals surface area contributed by atoms with Gasteiger partial charge in [-0.2, -0.15) is 0 Å². The van der Waals surface area contributed by atoms with E-state index in [9.17, 15) is 29.1 Å². The van der Waals surface area contributed by atoms with Crippen molar-refractivity contribution in [1.29, 1.82) is 0 Å². The minimum absolute atomic E-state index is 0.202. The largest absolute Gasteiger partial charge is 0.478 e. The van der Waals surface area contributed by atoms with E-state index in [-0.39, 0.29) is 6.42 Å². The van der Waals surface area contributed by atoms with Gasteiger partial charge in [0.2, 0.25) is 12.0 Å². The number of amides is 2. The molecule has 0 radical (unpaired) electrons. The van der Waals surface area contributed by atoms with Crippen molar-refractivity contribution < 1.29 is 43.3 Å². The van der Waals surface area contributed by atoms with E-state index in [0.717, 1.165) is 0 Å². The summed E-state index contributed by atoms with van der Waals surface area (Å²) in [5.41, 5.74) is 9.41. The van der Waals surface area contributed by atoms with Crippen LogP contribution in [0.25, 0.3) is 0 Å². The van der Waals surface area contributed by atoms with Crippen molar-refractivity contribution in [3.63, 3.8) is 0 Å². The molecule has 0 saturated heterocycles. The molecule has 0 spiro atoms. The molecule has 12 heteroatoms. The zero-order valence-electron chi connectivity index (χ0n) is 17.6. The highest BCUT2D eigenvalue weighted by Gasteiger charge is 2.34. The van der Waals surface area contributed by atoms with Crippen LogP contribution < -0.4 is 16.8 Å². The fraction of sp³-hybridized carbons (Fsp3) is 0.722. The van der Waals surface area contributed by atoms with Gasteiger partial charge in [-0.3, -0.25) is 9.59 Å². The standard InChI is InChI=1S/C18H31N3O9/c1-5-6-7-11(21-17(27)30-18(2,3)4)14(16(25)26)29-13(23)9-28-12(22)8-10(19)15(20)24/h10-11,14H,5-9,19H2,1-4H3,(H2,20,24)(H,21,27)(H,25,26)/t10-,11?,14+/m0/s1. The molecule has 6 N–H and O–H groups in total. The van der Waals surface area contributed by atoms with Crippen LogP contribution in [-0.2, 0) is 33.4 Å². The van der Waals surface area contributed by atoms with Crippen LogP contribution in [0.5, 0.6) is 0 Å². The fourth-order valence-electron chi connectivity index (χ4n) is 2.14. The second kappa shape index (κ2) is 12.6. The first-order valence-electron chi connectivity index (χ1n) is 9.39. The fourth-order valence-corrected chi connectivity index (χ4v) is 2.14. The minimum atomic E-state index is -1.73. The van der Waals surface area contributed by atoms with Gasteiger partial charge in [0.15, 0.2) is 6.61 Å². The summed E-state index contributed by atoms with van der Waals surface area (Å²) in [5.74, 6) is -4.56. The number of ether oxygens (including phenoxy) is 3. The third-order valence-corrected chi connectivity index (χ3v) is 3.54. The molecule has 0 aliphatic rings. The normalized spacial score (nSPS) is 14.0. The van der Waals surface area contributed by atoms with E-state index in [1.54, 1.807) is 20.8 Å². The lowest BCUT2D eigenvalue weighted by molar-refractivity contribution is -0.172. The summed E-state index contributed by atoms with van der Waals surface area (Å²) in [7, 11) is 0. The van der Waals surface area contributed by atoms with Gasteiger partial charge in [0.1, 0.15) is 5.60 Å². The van der Waals surface area contributed by atoms with Crippen LogP contribution in [0.1, 0.15) is 53.4 Å². The Kier molecular flexibility index (Phi) is 11.4. The molecule has 0 aliphatic carbocycles. The number of alkyl carbamates (subject to hydrolysis) is 1. The predicted molar refractivity (Wildman–Crippen MR) is 103 cm³/mol. The summed E-state index contributed by atoms with van der Waals surface area (Å²) >= 11 is 0. The number of unbranched alkanes of at least 4 members (excludes halogenated alkanes) is 1. The van der Waals surface area contributed by atoms with Crippen LogP contribution in [0.2, 0.25) is 0 Å². The highest BCUT2D eigenvalue weighted by molar-refractivity contribution is 5.86. The molecule has 0 aliphatic heterocycles. The van der Waals surface area contributed by atoms with Crippen LogP contribution in [0.15, 0.2) is 0 Å². The molecule has 0 fully saturated rings.